The van der Waals surface area contributed by atoms with Gasteiger partial charge >= 0.3 is 6.09 Å². The standard InChI is InChI=1S/C15H19BrN2O3/c1-9(2)21-15(20)17-8-10(3)18(11(4)19)13-6-5-12(16)7-14(13)17/h5-7,9-10H,8H2,1-4H3/t10-/m0/s1. The van der Waals surface area contributed by atoms with Crippen LogP contribution < -0.4 is 9.80 Å². The van der Waals surface area contributed by atoms with Gasteiger partial charge in [-0.15, -0.1) is 0 Å². The number of ether oxygens (including phenoxy) is 1. The summed E-state index contributed by atoms with van der Waals surface area (Å²) in [6.07, 6.45) is -0.575. The highest BCUT2D eigenvalue weighted by Gasteiger charge is 2.34. The summed E-state index contributed by atoms with van der Waals surface area (Å²) in [6.45, 7) is 7.49. The minimum atomic E-state index is -0.389. The fraction of sp³-hybridized carbons (Fsp3) is 0.467. The monoisotopic (exact) mass is 354 g/mol. The summed E-state index contributed by atoms with van der Waals surface area (Å²) in [7, 11) is 0. The molecule has 0 spiro atoms. The Labute approximate surface area is 133 Å². The lowest BCUT2D eigenvalue weighted by atomic mass is 10.1. The first-order valence-electron chi connectivity index (χ1n) is 6.88. The molecule has 1 aliphatic rings. The second kappa shape index (κ2) is 6.05. The Hall–Kier alpha value is -1.56. The number of hydrogen-bond acceptors (Lipinski definition) is 3. The Kier molecular flexibility index (Phi) is 4.56. The topological polar surface area (TPSA) is 49.9 Å². The molecule has 0 radical (unpaired) electrons. The summed E-state index contributed by atoms with van der Waals surface area (Å²) < 4.78 is 6.15. The number of carbonyl (C=O) groups is 2. The Morgan fingerprint density at radius 2 is 2.00 bits per heavy atom. The van der Waals surface area contributed by atoms with Crippen molar-refractivity contribution in [2.24, 2.45) is 0 Å². The Morgan fingerprint density at radius 1 is 1.33 bits per heavy atom. The third-order valence-electron chi connectivity index (χ3n) is 3.27. The van der Waals surface area contributed by atoms with Crippen LogP contribution in [-0.4, -0.2) is 30.7 Å². The lowest BCUT2D eigenvalue weighted by Crippen LogP contribution is -2.51. The second-order valence-corrected chi connectivity index (χ2v) is 6.33. The molecule has 0 saturated carbocycles. The maximum Gasteiger partial charge on any atom is 0.414 e. The molecule has 6 heteroatoms. The van der Waals surface area contributed by atoms with Gasteiger partial charge in [0, 0.05) is 17.9 Å². The van der Waals surface area contributed by atoms with E-state index in [1.807, 2.05) is 39.0 Å². The van der Waals surface area contributed by atoms with Crippen molar-refractivity contribution < 1.29 is 14.3 Å². The molecule has 2 rings (SSSR count). The van der Waals surface area contributed by atoms with E-state index in [0.717, 1.165) is 10.2 Å². The van der Waals surface area contributed by atoms with Crippen molar-refractivity contribution in [3.63, 3.8) is 0 Å². The molecule has 0 saturated heterocycles. The number of amides is 2. The molecule has 0 aromatic heterocycles. The molecule has 0 bridgehead atoms. The zero-order valence-electron chi connectivity index (χ0n) is 12.6. The van der Waals surface area contributed by atoms with Gasteiger partial charge in [0.05, 0.1) is 23.5 Å². The molecule has 0 N–H and O–H groups in total. The van der Waals surface area contributed by atoms with Crippen LogP contribution in [0.3, 0.4) is 0 Å². The van der Waals surface area contributed by atoms with Gasteiger partial charge in [-0.25, -0.2) is 4.79 Å². The second-order valence-electron chi connectivity index (χ2n) is 5.41. The number of anilines is 2. The quantitative estimate of drug-likeness (QED) is 0.774. The summed E-state index contributed by atoms with van der Waals surface area (Å²) >= 11 is 3.41. The fourth-order valence-corrected chi connectivity index (χ4v) is 2.87. The maximum absolute atomic E-state index is 12.3. The maximum atomic E-state index is 12.3. The molecule has 0 unspecified atom stereocenters. The highest BCUT2D eigenvalue weighted by atomic mass is 79.9. The molecule has 1 aromatic rings. The first-order chi connectivity index (χ1) is 9.81. The third-order valence-corrected chi connectivity index (χ3v) is 3.76. The van der Waals surface area contributed by atoms with Crippen LogP contribution in [0.5, 0.6) is 0 Å². The minimum Gasteiger partial charge on any atom is -0.446 e. The molecule has 21 heavy (non-hydrogen) atoms. The average Bonchev–Trinajstić information content (AvgIpc) is 2.36. The highest BCUT2D eigenvalue weighted by Crippen LogP contribution is 2.38. The van der Waals surface area contributed by atoms with Crippen LogP contribution in [0, 0.1) is 0 Å². The van der Waals surface area contributed by atoms with E-state index in [1.54, 1.807) is 9.80 Å². The van der Waals surface area contributed by atoms with Crippen LogP contribution in [0.2, 0.25) is 0 Å². The van der Waals surface area contributed by atoms with Gasteiger partial charge in [-0.05, 0) is 39.0 Å². The van der Waals surface area contributed by atoms with Gasteiger partial charge in [-0.2, -0.15) is 0 Å². The van der Waals surface area contributed by atoms with E-state index in [-0.39, 0.29) is 24.1 Å². The summed E-state index contributed by atoms with van der Waals surface area (Å²) in [5.41, 5.74) is 1.41. The van der Waals surface area contributed by atoms with Crippen molar-refractivity contribution >= 4 is 39.3 Å². The summed E-state index contributed by atoms with van der Waals surface area (Å²) in [6, 6.07) is 5.43. The van der Waals surface area contributed by atoms with E-state index in [9.17, 15) is 9.59 Å². The third kappa shape index (κ3) is 3.20. The lowest BCUT2D eigenvalue weighted by Gasteiger charge is -2.40. The van der Waals surface area contributed by atoms with Gasteiger partial charge in [0.2, 0.25) is 5.91 Å². The van der Waals surface area contributed by atoms with Gasteiger partial charge in [-0.3, -0.25) is 9.69 Å². The molecule has 0 fully saturated rings. The Bertz CT molecular complexity index is 574. The van der Waals surface area contributed by atoms with Gasteiger partial charge < -0.3 is 9.64 Å². The van der Waals surface area contributed by atoms with E-state index in [4.69, 9.17) is 4.74 Å². The summed E-state index contributed by atoms with van der Waals surface area (Å²) in [4.78, 5) is 27.5. The fourth-order valence-electron chi connectivity index (χ4n) is 2.52. The number of rotatable bonds is 1. The average molecular weight is 355 g/mol. The minimum absolute atomic E-state index is 0.0389. The van der Waals surface area contributed by atoms with Crippen molar-refractivity contribution in [2.75, 3.05) is 16.3 Å². The summed E-state index contributed by atoms with van der Waals surface area (Å²) in [5.74, 6) is -0.0389. The van der Waals surface area contributed by atoms with Crippen molar-refractivity contribution in [3.05, 3.63) is 22.7 Å². The van der Waals surface area contributed by atoms with Crippen molar-refractivity contribution in [1.82, 2.24) is 0 Å². The molecule has 1 aliphatic heterocycles. The van der Waals surface area contributed by atoms with Crippen LogP contribution in [0.1, 0.15) is 27.7 Å². The van der Waals surface area contributed by atoms with Crippen LogP contribution in [-0.2, 0) is 9.53 Å². The molecular formula is C15H19BrN2O3. The van der Waals surface area contributed by atoms with Gasteiger partial charge in [0.25, 0.3) is 0 Å². The van der Waals surface area contributed by atoms with E-state index >= 15 is 0 Å². The van der Waals surface area contributed by atoms with Crippen LogP contribution in [0.4, 0.5) is 16.2 Å². The van der Waals surface area contributed by atoms with Crippen LogP contribution in [0.15, 0.2) is 22.7 Å². The number of fused-ring (bicyclic) bond motifs is 1. The van der Waals surface area contributed by atoms with Crippen molar-refractivity contribution in [2.45, 2.75) is 39.8 Å². The highest BCUT2D eigenvalue weighted by molar-refractivity contribution is 9.10. The first kappa shape index (κ1) is 15.8. The van der Waals surface area contributed by atoms with Gasteiger partial charge in [0.1, 0.15) is 0 Å². The molecule has 1 heterocycles. The Balaban J connectivity index is 2.47. The Morgan fingerprint density at radius 3 is 2.57 bits per heavy atom. The number of carbonyl (C=O) groups excluding carboxylic acids is 2. The SMILES string of the molecule is CC(=O)N1c2ccc(Br)cc2N(C(=O)OC(C)C)C[C@@H]1C. The zero-order valence-corrected chi connectivity index (χ0v) is 14.2. The molecule has 5 nitrogen and oxygen atoms in total. The first-order valence-corrected chi connectivity index (χ1v) is 7.68. The molecule has 1 atom stereocenters. The van der Waals surface area contributed by atoms with E-state index in [1.165, 1.54) is 6.92 Å². The van der Waals surface area contributed by atoms with Gasteiger partial charge in [-0.1, -0.05) is 15.9 Å². The molecular weight excluding hydrogens is 336 g/mol. The lowest BCUT2D eigenvalue weighted by molar-refractivity contribution is -0.117. The number of benzene rings is 1. The normalized spacial score (nSPS) is 17.7. The van der Waals surface area contributed by atoms with Crippen LogP contribution in [0.25, 0.3) is 0 Å². The van der Waals surface area contributed by atoms with E-state index < -0.39 is 0 Å². The largest absolute Gasteiger partial charge is 0.446 e. The van der Waals surface area contributed by atoms with Crippen LogP contribution >= 0.6 is 15.9 Å². The van der Waals surface area contributed by atoms with Crippen molar-refractivity contribution in [3.8, 4) is 0 Å². The number of halogens is 1. The van der Waals surface area contributed by atoms with Gasteiger partial charge in [0.15, 0.2) is 0 Å². The predicted molar refractivity (Wildman–Crippen MR) is 85.7 cm³/mol. The molecule has 0 aliphatic carbocycles. The van der Waals surface area contributed by atoms with Crippen molar-refractivity contribution in [1.29, 1.82) is 0 Å². The smallest absolute Gasteiger partial charge is 0.414 e. The molecule has 1 aromatic carbocycles. The zero-order chi connectivity index (χ0) is 15.7. The van der Waals surface area contributed by atoms with E-state index in [2.05, 4.69) is 15.9 Å². The number of nitrogens with zero attached hydrogens (tertiary/aromatic N) is 2. The molecule has 114 valence electrons. The van der Waals surface area contributed by atoms with E-state index in [0.29, 0.717) is 12.2 Å². The number of hydrogen-bond donors (Lipinski definition) is 0. The summed E-state index contributed by atoms with van der Waals surface area (Å²) in [5, 5.41) is 0. The predicted octanol–water partition coefficient (Wildman–Crippen LogP) is 3.56. The molecule has 2 amide bonds.